The summed E-state index contributed by atoms with van der Waals surface area (Å²) in [5.74, 6) is 0.488. The molecule has 1 amide bonds. The van der Waals surface area contributed by atoms with E-state index in [1.165, 1.54) is 0 Å². The molecule has 126 valence electrons. The number of aromatic nitrogens is 4. The van der Waals surface area contributed by atoms with Crippen LogP contribution in [0.25, 0.3) is 5.69 Å². The van der Waals surface area contributed by atoms with Gasteiger partial charge in [-0.15, -0.1) is 5.10 Å². The fraction of sp³-hybridized carbons (Fsp3) is 0.222. The Bertz CT molecular complexity index is 851. The quantitative estimate of drug-likeness (QED) is 0.729. The van der Waals surface area contributed by atoms with E-state index in [1.54, 1.807) is 29.2 Å². The molecule has 7 nitrogen and oxygen atoms in total. The minimum absolute atomic E-state index is 0.000693. The highest BCUT2D eigenvalue weighted by Crippen LogP contribution is 2.19. The molecule has 0 radical (unpaired) electrons. The lowest BCUT2D eigenvalue weighted by molar-refractivity contribution is 0.0771. The van der Waals surface area contributed by atoms with Crippen LogP contribution in [-0.4, -0.2) is 50.0 Å². The first-order valence-corrected chi connectivity index (χ1v) is 8.13. The maximum atomic E-state index is 12.8. The first-order valence-electron chi connectivity index (χ1n) is 8.13. The number of carbonyl (C=O) groups is 1. The number of hydrogen-bond acceptors (Lipinski definition) is 5. The predicted octanol–water partition coefficient (Wildman–Crippen LogP) is 1.96. The molecule has 0 saturated carbocycles. The van der Waals surface area contributed by atoms with Crippen molar-refractivity contribution < 1.29 is 9.53 Å². The summed E-state index contributed by atoms with van der Waals surface area (Å²) in [7, 11) is 0. The summed E-state index contributed by atoms with van der Waals surface area (Å²) in [5, 5.41) is 11.9. The van der Waals surface area contributed by atoms with Crippen molar-refractivity contribution in [3.63, 3.8) is 0 Å². The normalized spacial score (nSPS) is 16.8. The van der Waals surface area contributed by atoms with Gasteiger partial charge in [-0.1, -0.05) is 6.07 Å². The molecule has 0 N–H and O–H groups in total. The number of hydrogen-bond donors (Lipinski definition) is 0. The van der Waals surface area contributed by atoms with Gasteiger partial charge in [0.25, 0.3) is 5.91 Å². The van der Waals surface area contributed by atoms with Gasteiger partial charge in [-0.05, 0) is 30.3 Å². The highest BCUT2D eigenvalue weighted by molar-refractivity contribution is 5.95. The molecule has 3 aromatic rings. The van der Waals surface area contributed by atoms with Crippen LogP contribution in [0.15, 0.2) is 61.1 Å². The molecule has 1 fully saturated rings. The molecule has 0 aliphatic carbocycles. The van der Waals surface area contributed by atoms with Crippen LogP contribution in [0.2, 0.25) is 0 Å². The van der Waals surface area contributed by atoms with Gasteiger partial charge >= 0.3 is 0 Å². The average molecular weight is 335 g/mol. The lowest BCUT2D eigenvalue weighted by Gasteiger charge is -2.17. The molecule has 3 heterocycles. The van der Waals surface area contributed by atoms with E-state index in [2.05, 4.69) is 15.3 Å². The zero-order valence-corrected chi connectivity index (χ0v) is 13.5. The van der Waals surface area contributed by atoms with Crippen LogP contribution in [0.1, 0.15) is 16.8 Å². The summed E-state index contributed by atoms with van der Waals surface area (Å²) >= 11 is 0. The Labute approximate surface area is 144 Å². The van der Waals surface area contributed by atoms with Gasteiger partial charge in [-0.3, -0.25) is 4.79 Å². The van der Waals surface area contributed by atoms with Crippen molar-refractivity contribution in [2.24, 2.45) is 0 Å². The second-order valence-electron chi connectivity index (χ2n) is 5.84. The van der Waals surface area contributed by atoms with Crippen LogP contribution in [0, 0.1) is 0 Å². The summed E-state index contributed by atoms with van der Waals surface area (Å²) in [6.45, 7) is 1.21. The van der Waals surface area contributed by atoms with Crippen molar-refractivity contribution in [2.75, 3.05) is 13.1 Å². The van der Waals surface area contributed by atoms with Gasteiger partial charge in [0.2, 0.25) is 5.88 Å². The Kier molecular flexibility index (Phi) is 4.12. The molecule has 1 aliphatic rings. The number of carbonyl (C=O) groups excluding carboxylic acids is 1. The van der Waals surface area contributed by atoms with E-state index < -0.39 is 0 Å². The molecule has 2 aromatic heterocycles. The topological polar surface area (TPSA) is 73.1 Å². The molecular weight excluding hydrogens is 318 g/mol. The van der Waals surface area contributed by atoms with Gasteiger partial charge in [0, 0.05) is 43.2 Å². The third-order valence-electron chi connectivity index (χ3n) is 4.13. The van der Waals surface area contributed by atoms with Crippen LogP contribution in [-0.2, 0) is 0 Å². The third-order valence-corrected chi connectivity index (χ3v) is 4.13. The number of amides is 1. The maximum absolute atomic E-state index is 12.8. The second-order valence-corrected chi connectivity index (χ2v) is 5.84. The van der Waals surface area contributed by atoms with Gasteiger partial charge in [0.1, 0.15) is 6.10 Å². The maximum Gasteiger partial charge on any atom is 0.254 e. The van der Waals surface area contributed by atoms with E-state index in [4.69, 9.17) is 4.74 Å². The van der Waals surface area contributed by atoms with Crippen molar-refractivity contribution >= 4 is 5.91 Å². The van der Waals surface area contributed by atoms with Crippen molar-refractivity contribution in [3.05, 3.63) is 66.6 Å². The minimum atomic E-state index is -0.0602. The smallest absolute Gasteiger partial charge is 0.254 e. The number of benzene rings is 1. The fourth-order valence-corrected chi connectivity index (χ4v) is 2.92. The Morgan fingerprint density at radius 1 is 1.16 bits per heavy atom. The van der Waals surface area contributed by atoms with Gasteiger partial charge < -0.3 is 9.64 Å². The monoisotopic (exact) mass is 335 g/mol. The Balaban J connectivity index is 1.44. The summed E-state index contributed by atoms with van der Waals surface area (Å²) in [5.41, 5.74) is 1.51. The molecule has 7 heteroatoms. The average Bonchev–Trinajstić information content (AvgIpc) is 3.34. The van der Waals surface area contributed by atoms with E-state index in [0.717, 1.165) is 12.1 Å². The summed E-state index contributed by atoms with van der Waals surface area (Å²) < 4.78 is 7.53. The van der Waals surface area contributed by atoms with E-state index in [9.17, 15) is 4.79 Å². The van der Waals surface area contributed by atoms with Crippen LogP contribution in [0.4, 0.5) is 0 Å². The number of rotatable bonds is 4. The first kappa shape index (κ1) is 15.3. The Morgan fingerprint density at radius 2 is 2.12 bits per heavy atom. The van der Waals surface area contributed by atoms with Crippen LogP contribution in [0.5, 0.6) is 5.88 Å². The SMILES string of the molecule is O=C(c1cccc(-n2cccn2)c1)N1CCC(Oc2cccnn2)C1. The Hall–Kier alpha value is -3.22. The first-order chi connectivity index (χ1) is 12.3. The number of ether oxygens (including phenoxy) is 1. The highest BCUT2D eigenvalue weighted by atomic mass is 16.5. The van der Waals surface area contributed by atoms with Crippen molar-refractivity contribution in [1.82, 2.24) is 24.9 Å². The van der Waals surface area contributed by atoms with E-state index in [-0.39, 0.29) is 12.0 Å². The van der Waals surface area contributed by atoms with Gasteiger partial charge in [-0.2, -0.15) is 10.2 Å². The number of nitrogens with zero attached hydrogens (tertiary/aromatic N) is 5. The molecule has 1 atom stereocenters. The molecule has 1 saturated heterocycles. The Morgan fingerprint density at radius 3 is 2.92 bits per heavy atom. The number of likely N-dealkylation sites (tertiary alicyclic amines) is 1. The van der Waals surface area contributed by atoms with Gasteiger partial charge in [0.15, 0.2) is 0 Å². The summed E-state index contributed by atoms with van der Waals surface area (Å²) in [6, 6.07) is 12.9. The van der Waals surface area contributed by atoms with Crippen molar-refractivity contribution in [3.8, 4) is 11.6 Å². The highest BCUT2D eigenvalue weighted by Gasteiger charge is 2.28. The molecule has 1 aliphatic heterocycles. The molecule has 1 aromatic carbocycles. The van der Waals surface area contributed by atoms with Crippen LogP contribution in [0.3, 0.4) is 0 Å². The standard InChI is InChI=1S/C18H17N5O2/c24-18(14-4-1-5-15(12-14)23-10-3-9-20-23)22-11-7-16(13-22)25-17-6-2-8-19-21-17/h1-6,8-10,12,16H,7,11,13H2. The summed E-state index contributed by atoms with van der Waals surface area (Å²) in [6.07, 6.45) is 5.88. The molecule has 1 unspecified atom stereocenters. The molecular formula is C18H17N5O2. The molecule has 25 heavy (non-hydrogen) atoms. The lowest BCUT2D eigenvalue weighted by atomic mass is 10.2. The van der Waals surface area contributed by atoms with Crippen molar-refractivity contribution in [2.45, 2.75) is 12.5 Å². The van der Waals surface area contributed by atoms with Gasteiger partial charge in [-0.25, -0.2) is 4.68 Å². The van der Waals surface area contributed by atoms with Crippen molar-refractivity contribution in [1.29, 1.82) is 0 Å². The van der Waals surface area contributed by atoms with Crippen LogP contribution >= 0.6 is 0 Å². The lowest BCUT2D eigenvalue weighted by Crippen LogP contribution is -2.31. The zero-order chi connectivity index (χ0) is 17.1. The van der Waals surface area contributed by atoms with E-state index in [0.29, 0.717) is 24.5 Å². The largest absolute Gasteiger partial charge is 0.471 e. The predicted molar refractivity (Wildman–Crippen MR) is 90.5 cm³/mol. The van der Waals surface area contributed by atoms with E-state index in [1.807, 2.05) is 41.4 Å². The second kappa shape index (κ2) is 6.72. The molecule has 4 rings (SSSR count). The zero-order valence-electron chi connectivity index (χ0n) is 13.5. The van der Waals surface area contributed by atoms with E-state index >= 15 is 0 Å². The minimum Gasteiger partial charge on any atom is -0.471 e. The fourth-order valence-electron chi connectivity index (χ4n) is 2.92. The van der Waals surface area contributed by atoms with Gasteiger partial charge in [0.05, 0.1) is 12.2 Å². The molecule has 0 bridgehead atoms. The summed E-state index contributed by atoms with van der Waals surface area (Å²) in [4.78, 5) is 14.6. The third kappa shape index (κ3) is 3.35. The molecule has 0 spiro atoms. The van der Waals surface area contributed by atoms with Crippen LogP contribution < -0.4 is 4.74 Å².